The molecule has 1 aromatic heterocycles. The van der Waals surface area contributed by atoms with Crippen molar-refractivity contribution in [1.82, 2.24) is 4.57 Å². The molecule has 0 N–H and O–H groups in total. The zero-order chi connectivity index (χ0) is 11.3. The fraction of sp³-hybridized carbons (Fsp3) is 0.643. The van der Waals surface area contributed by atoms with E-state index in [2.05, 4.69) is 19.2 Å². The van der Waals surface area contributed by atoms with E-state index in [1.54, 1.807) is 0 Å². The highest BCUT2D eigenvalue weighted by Gasteiger charge is 2.31. The van der Waals surface area contributed by atoms with E-state index in [4.69, 9.17) is 0 Å². The molecule has 2 aliphatic rings. The van der Waals surface area contributed by atoms with E-state index in [0.29, 0.717) is 12.0 Å². The predicted molar refractivity (Wildman–Crippen MR) is 64.8 cm³/mol. The minimum absolute atomic E-state index is 0.223. The second-order valence-electron chi connectivity index (χ2n) is 5.57. The molecule has 0 spiro atoms. The van der Waals surface area contributed by atoms with Crippen LogP contribution in [0, 0.1) is 12.8 Å². The van der Waals surface area contributed by atoms with Gasteiger partial charge in [0.15, 0.2) is 0 Å². The first-order valence-electron chi connectivity index (χ1n) is 6.39. The van der Waals surface area contributed by atoms with Crippen molar-refractivity contribution in [3.05, 3.63) is 33.7 Å². The first kappa shape index (κ1) is 10.1. The average Bonchev–Trinajstić information content (AvgIpc) is 3.05. The highest BCUT2D eigenvalue weighted by molar-refractivity contribution is 5.25. The Morgan fingerprint density at radius 3 is 2.50 bits per heavy atom. The lowest BCUT2D eigenvalue weighted by Gasteiger charge is -2.35. The van der Waals surface area contributed by atoms with E-state index in [-0.39, 0.29) is 5.56 Å². The third kappa shape index (κ3) is 1.51. The summed E-state index contributed by atoms with van der Waals surface area (Å²) in [6, 6.07) is 2.56. The SMILES string of the molecule is Cc1cc(C2CC2)cn(C2CCC2C)c1=O. The second-order valence-corrected chi connectivity index (χ2v) is 5.57. The van der Waals surface area contributed by atoms with Crippen molar-refractivity contribution in [2.75, 3.05) is 0 Å². The third-order valence-corrected chi connectivity index (χ3v) is 4.22. The van der Waals surface area contributed by atoms with Gasteiger partial charge in [-0.1, -0.05) is 6.92 Å². The van der Waals surface area contributed by atoms with Gasteiger partial charge in [-0.2, -0.15) is 0 Å². The molecule has 2 nitrogen and oxygen atoms in total. The molecule has 0 radical (unpaired) electrons. The van der Waals surface area contributed by atoms with E-state index >= 15 is 0 Å². The minimum atomic E-state index is 0.223. The Hall–Kier alpha value is -1.05. The van der Waals surface area contributed by atoms with E-state index in [0.717, 1.165) is 11.5 Å². The van der Waals surface area contributed by atoms with Crippen molar-refractivity contribution >= 4 is 0 Å². The lowest BCUT2D eigenvalue weighted by Crippen LogP contribution is -2.35. The largest absolute Gasteiger partial charge is 0.312 e. The lowest BCUT2D eigenvalue weighted by atomic mass is 9.81. The maximum absolute atomic E-state index is 12.1. The fourth-order valence-electron chi connectivity index (χ4n) is 2.72. The molecule has 0 aliphatic heterocycles. The van der Waals surface area contributed by atoms with Crippen molar-refractivity contribution in [2.24, 2.45) is 5.92 Å². The molecule has 2 fully saturated rings. The Kier molecular flexibility index (Phi) is 2.20. The molecule has 0 saturated heterocycles. The van der Waals surface area contributed by atoms with E-state index in [9.17, 15) is 4.79 Å². The summed E-state index contributed by atoms with van der Waals surface area (Å²) < 4.78 is 2.01. The fourth-order valence-corrected chi connectivity index (χ4v) is 2.72. The number of aromatic nitrogens is 1. The number of pyridine rings is 1. The number of rotatable bonds is 2. The van der Waals surface area contributed by atoms with Crippen molar-refractivity contribution < 1.29 is 0 Å². The molecule has 0 amide bonds. The number of nitrogens with zero attached hydrogens (tertiary/aromatic N) is 1. The molecule has 2 unspecified atom stereocenters. The zero-order valence-electron chi connectivity index (χ0n) is 10.1. The molecular formula is C14H19NO. The summed E-state index contributed by atoms with van der Waals surface area (Å²) in [4.78, 5) is 12.1. The summed E-state index contributed by atoms with van der Waals surface area (Å²) in [7, 11) is 0. The Balaban J connectivity index is 2.04. The summed E-state index contributed by atoms with van der Waals surface area (Å²) in [5, 5.41) is 0. The molecule has 2 heteroatoms. The predicted octanol–water partition coefficient (Wildman–Crippen LogP) is 3.01. The number of hydrogen-bond donors (Lipinski definition) is 0. The van der Waals surface area contributed by atoms with Crippen LogP contribution in [0.5, 0.6) is 0 Å². The quantitative estimate of drug-likeness (QED) is 0.746. The topological polar surface area (TPSA) is 22.0 Å². The minimum Gasteiger partial charge on any atom is -0.312 e. The van der Waals surface area contributed by atoms with Gasteiger partial charge in [-0.25, -0.2) is 0 Å². The maximum atomic E-state index is 12.1. The number of hydrogen-bond acceptors (Lipinski definition) is 1. The summed E-state index contributed by atoms with van der Waals surface area (Å²) in [6.45, 7) is 4.20. The maximum Gasteiger partial charge on any atom is 0.253 e. The lowest BCUT2D eigenvalue weighted by molar-refractivity contribution is 0.196. The van der Waals surface area contributed by atoms with Crippen LogP contribution in [0.4, 0.5) is 0 Å². The van der Waals surface area contributed by atoms with Crippen molar-refractivity contribution in [3.63, 3.8) is 0 Å². The van der Waals surface area contributed by atoms with Crippen LogP contribution in [0.1, 0.15) is 55.7 Å². The normalized spacial score (nSPS) is 28.9. The van der Waals surface area contributed by atoms with Gasteiger partial charge >= 0.3 is 0 Å². The highest BCUT2D eigenvalue weighted by atomic mass is 16.1. The van der Waals surface area contributed by atoms with Crippen LogP contribution in [0.25, 0.3) is 0 Å². The highest BCUT2D eigenvalue weighted by Crippen LogP contribution is 2.42. The van der Waals surface area contributed by atoms with E-state index in [1.165, 1.54) is 31.2 Å². The Bertz CT molecular complexity index is 470. The Morgan fingerprint density at radius 1 is 1.25 bits per heavy atom. The first-order chi connectivity index (χ1) is 7.66. The summed E-state index contributed by atoms with van der Waals surface area (Å²) in [5.74, 6) is 1.41. The summed E-state index contributed by atoms with van der Waals surface area (Å²) in [6.07, 6.45) is 7.18. The van der Waals surface area contributed by atoms with Crippen LogP contribution in [0.3, 0.4) is 0 Å². The van der Waals surface area contributed by atoms with Gasteiger partial charge in [-0.05, 0) is 56.1 Å². The van der Waals surface area contributed by atoms with Gasteiger partial charge in [0, 0.05) is 17.8 Å². The Labute approximate surface area is 96.3 Å². The van der Waals surface area contributed by atoms with Crippen LogP contribution < -0.4 is 5.56 Å². The summed E-state index contributed by atoms with van der Waals surface area (Å²) >= 11 is 0. The molecule has 3 rings (SSSR count). The van der Waals surface area contributed by atoms with Crippen molar-refractivity contribution in [2.45, 2.75) is 51.5 Å². The molecule has 86 valence electrons. The molecule has 16 heavy (non-hydrogen) atoms. The van der Waals surface area contributed by atoms with Crippen LogP contribution in [-0.4, -0.2) is 4.57 Å². The molecule has 0 bridgehead atoms. The molecule has 2 saturated carbocycles. The Morgan fingerprint density at radius 2 is 2.00 bits per heavy atom. The van der Waals surface area contributed by atoms with Gasteiger partial charge in [-0.3, -0.25) is 4.79 Å². The van der Waals surface area contributed by atoms with Crippen molar-refractivity contribution in [1.29, 1.82) is 0 Å². The van der Waals surface area contributed by atoms with Crippen molar-refractivity contribution in [3.8, 4) is 0 Å². The first-order valence-corrected chi connectivity index (χ1v) is 6.39. The third-order valence-electron chi connectivity index (χ3n) is 4.22. The second kappa shape index (κ2) is 3.47. The zero-order valence-corrected chi connectivity index (χ0v) is 10.1. The van der Waals surface area contributed by atoms with Gasteiger partial charge < -0.3 is 4.57 Å². The summed E-state index contributed by atoms with van der Waals surface area (Å²) in [5.41, 5.74) is 2.53. The molecular weight excluding hydrogens is 198 g/mol. The van der Waals surface area contributed by atoms with E-state index < -0.39 is 0 Å². The van der Waals surface area contributed by atoms with Gasteiger partial charge in [0.1, 0.15) is 0 Å². The van der Waals surface area contributed by atoms with Crippen LogP contribution in [0.15, 0.2) is 17.1 Å². The van der Waals surface area contributed by atoms with E-state index in [1.807, 2.05) is 11.5 Å². The molecule has 1 heterocycles. The van der Waals surface area contributed by atoms with Crippen LogP contribution in [-0.2, 0) is 0 Å². The molecule has 1 aromatic rings. The smallest absolute Gasteiger partial charge is 0.253 e. The standard InChI is InChI=1S/C14H19NO/c1-9-3-6-13(9)15-8-12(11-4-5-11)7-10(2)14(15)16/h7-9,11,13H,3-6H2,1-2H3. The van der Waals surface area contributed by atoms with Crippen LogP contribution in [0.2, 0.25) is 0 Å². The average molecular weight is 217 g/mol. The van der Waals surface area contributed by atoms with Gasteiger partial charge in [-0.15, -0.1) is 0 Å². The number of aryl methyl sites for hydroxylation is 1. The van der Waals surface area contributed by atoms with Gasteiger partial charge in [0.25, 0.3) is 5.56 Å². The monoisotopic (exact) mass is 217 g/mol. The molecule has 2 aliphatic carbocycles. The molecule has 0 aromatic carbocycles. The van der Waals surface area contributed by atoms with Gasteiger partial charge in [0.2, 0.25) is 0 Å². The van der Waals surface area contributed by atoms with Gasteiger partial charge in [0.05, 0.1) is 0 Å². The van der Waals surface area contributed by atoms with Crippen LogP contribution >= 0.6 is 0 Å². The molecule has 2 atom stereocenters.